The Balaban J connectivity index is 1.62. The van der Waals surface area contributed by atoms with E-state index in [9.17, 15) is 9.59 Å². The third-order valence-corrected chi connectivity index (χ3v) is 5.14. The Hall–Kier alpha value is -3.19. The van der Waals surface area contributed by atoms with Crippen molar-refractivity contribution in [2.24, 2.45) is 0 Å². The molecule has 0 aliphatic heterocycles. The minimum atomic E-state index is -0.561. The van der Waals surface area contributed by atoms with E-state index in [1.54, 1.807) is 20.1 Å². The number of carbonyl (C=O) groups excluding carboxylic acids is 2. The molecule has 1 heterocycles. The number of aryl methyl sites for hydroxylation is 2. The molecule has 3 rings (SSSR count). The molecule has 0 fully saturated rings. The number of ether oxygens (including phenoxy) is 2. The van der Waals surface area contributed by atoms with E-state index in [1.807, 2.05) is 49.4 Å². The second-order valence-corrected chi connectivity index (χ2v) is 7.15. The molecule has 1 aromatic heterocycles. The molecule has 1 amide bonds. The molecular weight excluding hydrogens is 376 g/mol. The Morgan fingerprint density at radius 2 is 1.86 bits per heavy atom. The normalized spacial score (nSPS) is 10.4. The Morgan fingerprint density at radius 3 is 2.54 bits per heavy atom. The predicted molar refractivity (Wildman–Crippen MR) is 109 cm³/mol. The molecule has 0 atom stereocenters. The number of methoxy groups -OCH3 is 1. The summed E-state index contributed by atoms with van der Waals surface area (Å²) in [6.45, 7) is 3.32. The first-order valence-corrected chi connectivity index (χ1v) is 9.43. The lowest BCUT2D eigenvalue weighted by molar-refractivity contribution is -0.119. The quantitative estimate of drug-likeness (QED) is 0.631. The molecule has 3 aromatic rings. The Kier molecular flexibility index (Phi) is 6.06. The zero-order valence-corrected chi connectivity index (χ0v) is 16.6. The fourth-order valence-corrected chi connectivity index (χ4v) is 3.52. The summed E-state index contributed by atoms with van der Waals surface area (Å²) in [5.41, 5.74) is 3.14. The van der Waals surface area contributed by atoms with E-state index in [0.717, 1.165) is 16.9 Å². The second kappa shape index (κ2) is 8.67. The van der Waals surface area contributed by atoms with E-state index >= 15 is 0 Å². The van der Waals surface area contributed by atoms with Crippen LogP contribution in [-0.2, 0) is 9.53 Å². The largest absolute Gasteiger partial charge is 0.497 e. The van der Waals surface area contributed by atoms with E-state index in [4.69, 9.17) is 9.47 Å². The number of carbonyl (C=O) groups is 2. The van der Waals surface area contributed by atoms with Gasteiger partial charge in [-0.25, -0.2) is 9.78 Å². The number of nitrogens with zero attached hydrogens (tertiary/aromatic N) is 1. The van der Waals surface area contributed by atoms with Crippen LogP contribution in [0, 0.1) is 13.8 Å². The number of amides is 1. The van der Waals surface area contributed by atoms with Crippen molar-refractivity contribution < 1.29 is 19.1 Å². The number of anilines is 1. The van der Waals surface area contributed by atoms with Gasteiger partial charge < -0.3 is 14.8 Å². The molecule has 2 aromatic carbocycles. The third-order valence-electron chi connectivity index (χ3n) is 3.96. The van der Waals surface area contributed by atoms with Gasteiger partial charge in [-0.2, -0.15) is 0 Å². The van der Waals surface area contributed by atoms with Crippen molar-refractivity contribution in [3.63, 3.8) is 0 Å². The van der Waals surface area contributed by atoms with Crippen LogP contribution in [0.5, 0.6) is 5.75 Å². The van der Waals surface area contributed by atoms with Crippen molar-refractivity contribution in [2.75, 3.05) is 19.0 Å². The summed E-state index contributed by atoms with van der Waals surface area (Å²) in [5, 5.41) is 3.41. The molecule has 0 bridgehead atoms. The van der Waals surface area contributed by atoms with Gasteiger partial charge in [-0.3, -0.25) is 4.79 Å². The number of nitrogens with one attached hydrogen (secondary N) is 1. The first-order valence-electron chi connectivity index (χ1n) is 8.62. The Labute approximate surface area is 167 Å². The van der Waals surface area contributed by atoms with Crippen LogP contribution in [0.4, 0.5) is 5.69 Å². The highest BCUT2D eigenvalue weighted by atomic mass is 32.1. The van der Waals surface area contributed by atoms with Crippen LogP contribution in [0.3, 0.4) is 0 Å². The zero-order chi connectivity index (χ0) is 20.1. The molecule has 0 aliphatic carbocycles. The number of esters is 1. The lowest BCUT2D eigenvalue weighted by atomic mass is 10.2. The smallest absolute Gasteiger partial charge is 0.350 e. The first kappa shape index (κ1) is 19.6. The third kappa shape index (κ3) is 4.75. The van der Waals surface area contributed by atoms with Gasteiger partial charge >= 0.3 is 5.97 Å². The van der Waals surface area contributed by atoms with E-state index in [1.165, 1.54) is 11.3 Å². The molecule has 28 heavy (non-hydrogen) atoms. The maximum Gasteiger partial charge on any atom is 0.350 e. The molecule has 0 unspecified atom stereocenters. The van der Waals surface area contributed by atoms with Crippen LogP contribution in [0.15, 0.2) is 48.5 Å². The highest BCUT2D eigenvalue weighted by Gasteiger charge is 2.19. The molecule has 0 aliphatic rings. The number of benzene rings is 2. The van der Waals surface area contributed by atoms with Gasteiger partial charge in [0.1, 0.15) is 15.6 Å². The fraction of sp³-hybridized carbons (Fsp3) is 0.190. The second-order valence-electron chi connectivity index (χ2n) is 6.16. The highest BCUT2D eigenvalue weighted by Crippen LogP contribution is 2.29. The summed E-state index contributed by atoms with van der Waals surface area (Å²) < 4.78 is 10.3. The number of thiazole rings is 1. The summed E-state index contributed by atoms with van der Waals surface area (Å²) in [4.78, 5) is 29.2. The van der Waals surface area contributed by atoms with Gasteiger partial charge in [0.25, 0.3) is 5.91 Å². The molecule has 6 nitrogen and oxygen atoms in total. The first-order chi connectivity index (χ1) is 13.5. The molecule has 144 valence electrons. The molecule has 0 saturated carbocycles. The fourth-order valence-electron chi connectivity index (χ4n) is 2.56. The van der Waals surface area contributed by atoms with Gasteiger partial charge in [0.05, 0.1) is 12.8 Å². The summed E-state index contributed by atoms with van der Waals surface area (Å²) in [6.07, 6.45) is 0. The Morgan fingerprint density at radius 1 is 1.11 bits per heavy atom. The topological polar surface area (TPSA) is 77.5 Å². The lowest BCUT2D eigenvalue weighted by Gasteiger charge is -2.06. The molecule has 0 saturated heterocycles. The zero-order valence-electron chi connectivity index (χ0n) is 15.8. The number of aromatic nitrogens is 1. The van der Waals surface area contributed by atoms with Crippen molar-refractivity contribution >= 4 is 28.9 Å². The van der Waals surface area contributed by atoms with Crippen LogP contribution >= 0.6 is 11.3 Å². The number of hydrogen-bond donors (Lipinski definition) is 1. The van der Waals surface area contributed by atoms with Crippen LogP contribution in [0.2, 0.25) is 0 Å². The van der Waals surface area contributed by atoms with Crippen molar-refractivity contribution in [3.05, 3.63) is 64.7 Å². The number of rotatable bonds is 6. The molecule has 7 heteroatoms. The molecule has 1 N–H and O–H groups in total. The van der Waals surface area contributed by atoms with Crippen LogP contribution < -0.4 is 10.1 Å². The van der Waals surface area contributed by atoms with E-state index in [-0.39, 0.29) is 6.61 Å². The summed E-state index contributed by atoms with van der Waals surface area (Å²) in [6, 6.07) is 14.8. The van der Waals surface area contributed by atoms with Gasteiger partial charge in [0.2, 0.25) is 0 Å². The maximum atomic E-state index is 12.4. The van der Waals surface area contributed by atoms with Gasteiger partial charge in [-0.1, -0.05) is 12.1 Å². The lowest BCUT2D eigenvalue weighted by Crippen LogP contribution is -2.20. The van der Waals surface area contributed by atoms with E-state index in [2.05, 4.69) is 10.3 Å². The average molecular weight is 396 g/mol. The van der Waals surface area contributed by atoms with Crippen LogP contribution in [0.25, 0.3) is 10.6 Å². The predicted octanol–water partition coefficient (Wildman–Crippen LogP) is 4.23. The standard InChI is InChI=1S/C21H20N2O4S/c1-13-5-4-6-16(11-13)23-18(24)12-27-21(25)19-14(2)22-20(28-19)15-7-9-17(26-3)10-8-15/h4-11H,12H2,1-3H3,(H,23,24). The van der Waals surface area contributed by atoms with Gasteiger partial charge in [0, 0.05) is 11.3 Å². The monoisotopic (exact) mass is 396 g/mol. The van der Waals surface area contributed by atoms with Crippen molar-refractivity contribution in [3.8, 4) is 16.3 Å². The van der Waals surface area contributed by atoms with E-state index < -0.39 is 11.9 Å². The van der Waals surface area contributed by atoms with Gasteiger partial charge in [-0.05, 0) is 55.8 Å². The summed E-state index contributed by atoms with van der Waals surface area (Å²) in [7, 11) is 1.60. The highest BCUT2D eigenvalue weighted by molar-refractivity contribution is 7.17. The minimum absolute atomic E-state index is 0.359. The van der Waals surface area contributed by atoms with Gasteiger partial charge in [0.15, 0.2) is 6.61 Å². The van der Waals surface area contributed by atoms with Crippen LogP contribution in [-0.4, -0.2) is 30.6 Å². The Bertz CT molecular complexity index is 996. The van der Waals surface area contributed by atoms with Crippen molar-refractivity contribution in [1.29, 1.82) is 0 Å². The molecular formula is C21H20N2O4S. The van der Waals surface area contributed by atoms with Gasteiger partial charge in [-0.15, -0.1) is 11.3 Å². The van der Waals surface area contributed by atoms with Crippen molar-refractivity contribution in [1.82, 2.24) is 4.98 Å². The van der Waals surface area contributed by atoms with Crippen LogP contribution in [0.1, 0.15) is 20.9 Å². The maximum absolute atomic E-state index is 12.4. The summed E-state index contributed by atoms with van der Waals surface area (Å²) in [5.74, 6) is -0.207. The van der Waals surface area contributed by atoms with E-state index in [0.29, 0.717) is 21.3 Å². The molecule has 0 radical (unpaired) electrons. The number of hydrogen-bond acceptors (Lipinski definition) is 6. The van der Waals surface area contributed by atoms with Crippen molar-refractivity contribution in [2.45, 2.75) is 13.8 Å². The minimum Gasteiger partial charge on any atom is -0.497 e. The summed E-state index contributed by atoms with van der Waals surface area (Å²) >= 11 is 1.23. The average Bonchev–Trinajstić information content (AvgIpc) is 3.08. The SMILES string of the molecule is COc1ccc(-c2nc(C)c(C(=O)OCC(=O)Nc3cccc(C)c3)s2)cc1. The molecule has 0 spiro atoms.